The van der Waals surface area contributed by atoms with Crippen LogP contribution in [0, 0.1) is 0 Å². The van der Waals surface area contributed by atoms with E-state index in [1.165, 1.54) is 47.3 Å². The van der Waals surface area contributed by atoms with E-state index in [-0.39, 0.29) is 12.4 Å². The van der Waals surface area contributed by atoms with Crippen molar-refractivity contribution in [2.45, 2.75) is 42.7 Å². The number of hydrogen-bond donors (Lipinski definition) is 1. The molecule has 1 N–H and O–H groups in total. The first-order valence-corrected chi connectivity index (χ1v) is 12.8. The lowest BCUT2D eigenvalue weighted by molar-refractivity contribution is 0.160. The normalized spacial score (nSPS) is 22.3. The molecule has 0 aliphatic carbocycles. The van der Waals surface area contributed by atoms with Crippen LogP contribution in [0.15, 0.2) is 48.8 Å². The Bertz CT molecular complexity index is 1030. The van der Waals surface area contributed by atoms with Gasteiger partial charge in [0.25, 0.3) is 0 Å². The first kappa shape index (κ1) is 23.8. The van der Waals surface area contributed by atoms with Crippen molar-refractivity contribution in [3.8, 4) is 11.1 Å². The molecule has 2 aliphatic rings. The molecule has 1 aromatic carbocycles. The summed E-state index contributed by atoms with van der Waals surface area (Å²) in [4.78, 5) is 5.09. The topological polar surface area (TPSA) is 35.8 Å². The number of fused-ring (bicyclic) bond motifs is 1. The molecular formula is C25H33ClIN5. The predicted molar refractivity (Wildman–Crippen MR) is 145 cm³/mol. The van der Waals surface area contributed by atoms with Crippen LogP contribution >= 0.6 is 35.0 Å². The minimum Gasteiger partial charge on any atom is -0.367 e. The van der Waals surface area contributed by atoms with Crippen LogP contribution in [0.25, 0.3) is 16.6 Å². The molecule has 2 unspecified atom stereocenters. The SMILES string of the molecule is CC(C)N1CCC(c2ccc(-c3cc4c(N5CCNCC5)ccnn4c3)cc2)CC1I.Cl. The summed E-state index contributed by atoms with van der Waals surface area (Å²) in [5.74, 6) is 0.667. The summed E-state index contributed by atoms with van der Waals surface area (Å²) >= 11 is 2.63. The number of piperazine rings is 1. The van der Waals surface area contributed by atoms with Crippen molar-refractivity contribution in [2.75, 3.05) is 37.6 Å². The van der Waals surface area contributed by atoms with Gasteiger partial charge in [-0.05, 0) is 55.9 Å². The van der Waals surface area contributed by atoms with Gasteiger partial charge >= 0.3 is 0 Å². The number of hydrogen-bond acceptors (Lipinski definition) is 4. The molecule has 5 rings (SSSR count). The maximum atomic E-state index is 4.57. The van der Waals surface area contributed by atoms with E-state index in [4.69, 9.17) is 0 Å². The Morgan fingerprint density at radius 1 is 1.03 bits per heavy atom. The molecule has 7 heteroatoms. The molecule has 5 nitrogen and oxygen atoms in total. The van der Waals surface area contributed by atoms with E-state index in [0.717, 1.165) is 26.2 Å². The lowest BCUT2D eigenvalue weighted by atomic mass is 9.88. The number of nitrogens with zero attached hydrogens (tertiary/aromatic N) is 4. The van der Waals surface area contributed by atoms with E-state index in [1.54, 1.807) is 0 Å². The fourth-order valence-corrected chi connectivity index (χ4v) is 6.63. The minimum absolute atomic E-state index is 0. The fraction of sp³-hybridized carbons (Fsp3) is 0.480. The molecule has 3 aromatic rings. The first-order chi connectivity index (χ1) is 15.1. The van der Waals surface area contributed by atoms with Gasteiger partial charge in [-0.1, -0.05) is 46.9 Å². The van der Waals surface area contributed by atoms with Crippen molar-refractivity contribution >= 4 is 46.2 Å². The molecule has 4 heterocycles. The highest BCUT2D eigenvalue weighted by Crippen LogP contribution is 2.36. The molecule has 2 aromatic heterocycles. The van der Waals surface area contributed by atoms with E-state index in [2.05, 4.69) is 99.2 Å². The Morgan fingerprint density at radius 3 is 2.47 bits per heavy atom. The van der Waals surface area contributed by atoms with Gasteiger partial charge in [0.2, 0.25) is 0 Å². The zero-order valence-electron chi connectivity index (χ0n) is 18.9. The van der Waals surface area contributed by atoms with Crippen molar-refractivity contribution in [3.63, 3.8) is 0 Å². The Hall–Kier alpha value is -1.35. The Labute approximate surface area is 211 Å². The van der Waals surface area contributed by atoms with Crippen LogP contribution in [0.4, 0.5) is 5.69 Å². The second-order valence-electron chi connectivity index (χ2n) is 9.12. The summed E-state index contributed by atoms with van der Waals surface area (Å²) in [6.45, 7) is 9.99. The number of anilines is 1. The summed E-state index contributed by atoms with van der Waals surface area (Å²) < 4.78 is 2.66. The zero-order valence-corrected chi connectivity index (χ0v) is 21.8. The number of halogens is 2. The van der Waals surface area contributed by atoms with E-state index in [9.17, 15) is 0 Å². The van der Waals surface area contributed by atoms with Crippen LogP contribution < -0.4 is 10.2 Å². The van der Waals surface area contributed by atoms with Crippen LogP contribution in [0.1, 0.15) is 38.2 Å². The van der Waals surface area contributed by atoms with Gasteiger partial charge in [-0.25, -0.2) is 4.52 Å². The minimum atomic E-state index is 0. The van der Waals surface area contributed by atoms with E-state index in [0.29, 0.717) is 16.0 Å². The molecule has 2 atom stereocenters. The van der Waals surface area contributed by atoms with Gasteiger partial charge in [-0.3, -0.25) is 4.90 Å². The third-order valence-electron chi connectivity index (χ3n) is 6.90. The number of alkyl halides is 1. The molecule has 2 aliphatic heterocycles. The quantitative estimate of drug-likeness (QED) is 0.269. The molecule has 0 saturated carbocycles. The maximum absolute atomic E-state index is 4.57. The molecule has 0 spiro atoms. The summed E-state index contributed by atoms with van der Waals surface area (Å²) in [6, 6.07) is 14.4. The third kappa shape index (κ3) is 4.79. The summed E-state index contributed by atoms with van der Waals surface area (Å²) in [5, 5.41) is 8.01. The number of rotatable bonds is 4. The standard InChI is InChI=1S/C25H32IN5.ClH/c1-18(2)30-12-8-21(16-25(30)26)19-3-5-20(6-4-19)22-15-24-23(7-9-28-31(24)17-22)29-13-10-27-11-14-29;/h3-7,9,15,17-18,21,25,27H,8,10-14,16H2,1-2H3;1H. The summed E-state index contributed by atoms with van der Waals surface area (Å²) in [5.41, 5.74) is 6.47. The van der Waals surface area contributed by atoms with Crippen LogP contribution in [0.2, 0.25) is 0 Å². The lowest BCUT2D eigenvalue weighted by Gasteiger charge is -2.39. The maximum Gasteiger partial charge on any atom is 0.0886 e. The number of nitrogens with one attached hydrogen (secondary N) is 1. The first-order valence-electron chi connectivity index (χ1n) is 11.5. The van der Waals surface area contributed by atoms with Gasteiger partial charge in [0, 0.05) is 56.7 Å². The van der Waals surface area contributed by atoms with E-state index < -0.39 is 0 Å². The van der Waals surface area contributed by atoms with Gasteiger partial charge in [0.05, 0.1) is 15.3 Å². The second kappa shape index (κ2) is 10.3. The number of piperidine rings is 1. The highest BCUT2D eigenvalue weighted by molar-refractivity contribution is 14.1. The lowest BCUT2D eigenvalue weighted by Crippen LogP contribution is -2.43. The van der Waals surface area contributed by atoms with Crippen LogP contribution in [-0.2, 0) is 0 Å². The summed E-state index contributed by atoms with van der Waals surface area (Å²) in [7, 11) is 0. The van der Waals surface area contributed by atoms with Crippen molar-refractivity contribution in [3.05, 3.63) is 54.4 Å². The highest BCUT2D eigenvalue weighted by atomic mass is 127. The molecule has 2 fully saturated rings. The van der Waals surface area contributed by atoms with Gasteiger partial charge in [-0.2, -0.15) is 5.10 Å². The molecular weight excluding hydrogens is 533 g/mol. The molecule has 0 radical (unpaired) electrons. The molecule has 172 valence electrons. The Kier molecular flexibility index (Phi) is 7.65. The fourth-order valence-electron chi connectivity index (χ4n) is 5.10. The zero-order chi connectivity index (χ0) is 21.4. The average Bonchev–Trinajstić information content (AvgIpc) is 3.24. The second-order valence-corrected chi connectivity index (χ2v) is 10.6. The van der Waals surface area contributed by atoms with Gasteiger partial charge in [0.1, 0.15) is 0 Å². The molecule has 0 amide bonds. The Morgan fingerprint density at radius 2 is 1.78 bits per heavy atom. The Balaban J connectivity index is 0.00000245. The molecule has 2 saturated heterocycles. The number of likely N-dealkylation sites (tertiary alicyclic amines) is 1. The van der Waals surface area contributed by atoms with Gasteiger partial charge < -0.3 is 10.2 Å². The van der Waals surface area contributed by atoms with E-state index in [1.807, 2.05) is 10.7 Å². The van der Waals surface area contributed by atoms with Crippen molar-refractivity contribution in [2.24, 2.45) is 0 Å². The molecule has 32 heavy (non-hydrogen) atoms. The third-order valence-corrected chi connectivity index (χ3v) is 8.12. The number of benzene rings is 1. The smallest absolute Gasteiger partial charge is 0.0886 e. The van der Waals surface area contributed by atoms with Crippen LogP contribution in [0.3, 0.4) is 0 Å². The average molecular weight is 566 g/mol. The van der Waals surface area contributed by atoms with Crippen LogP contribution in [0.5, 0.6) is 0 Å². The van der Waals surface area contributed by atoms with Crippen LogP contribution in [-0.4, -0.2) is 57.3 Å². The monoisotopic (exact) mass is 565 g/mol. The van der Waals surface area contributed by atoms with Gasteiger partial charge in [0.15, 0.2) is 0 Å². The predicted octanol–water partition coefficient (Wildman–Crippen LogP) is 5.18. The summed E-state index contributed by atoms with van der Waals surface area (Å²) in [6.07, 6.45) is 6.58. The number of aromatic nitrogens is 2. The van der Waals surface area contributed by atoms with Crippen molar-refractivity contribution < 1.29 is 0 Å². The van der Waals surface area contributed by atoms with Crippen molar-refractivity contribution in [1.29, 1.82) is 0 Å². The van der Waals surface area contributed by atoms with E-state index >= 15 is 0 Å². The molecule has 0 bridgehead atoms. The highest BCUT2D eigenvalue weighted by Gasteiger charge is 2.28. The van der Waals surface area contributed by atoms with Gasteiger partial charge in [-0.15, -0.1) is 12.4 Å². The largest absolute Gasteiger partial charge is 0.367 e. The van der Waals surface area contributed by atoms with Crippen molar-refractivity contribution in [1.82, 2.24) is 19.8 Å².